The molecule has 4 nitrogen and oxygen atoms in total. The van der Waals surface area contributed by atoms with Gasteiger partial charge in [-0.05, 0) is 29.7 Å². The van der Waals surface area contributed by atoms with Crippen LogP contribution in [0.15, 0.2) is 41.0 Å². The first-order chi connectivity index (χ1) is 9.06. The predicted octanol–water partition coefficient (Wildman–Crippen LogP) is 3.68. The number of hydrogen-bond donors (Lipinski definition) is 1. The van der Waals surface area contributed by atoms with Crippen molar-refractivity contribution in [1.29, 1.82) is 0 Å². The molecule has 0 fully saturated rings. The molecular weight excluding hydrogens is 244 g/mol. The number of hydrogen-bond acceptors (Lipinski definition) is 3. The van der Waals surface area contributed by atoms with Crippen molar-refractivity contribution in [1.82, 2.24) is 0 Å². The van der Waals surface area contributed by atoms with Crippen LogP contribution in [0.4, 0.5) is 0 Å². The summed E-state index contributed by atoms with van der Waals surface area (Å²) in [6.07, 6.45) is 1.21. The molecule has 0 aliphatic rings. The first-order valence-electron chi connectivity index (χ1n) is 6.09. The van der Waals surface area contributed by atoms with Crippen molar-refractivity contribution in [3.05, 3.63) is 53.5 Å². The van der Waals surface area contributed by atoms with Gasteiger partial charge in [-0.3, -0.25) is 0 Å². The summed E-state index contributed by atoms with van der Waals surface area (Å²) in [7, 11) is 0. The Hall–Kier alpha value is -2.23. The van der Waals surface area contributed by atoms with Crippen molar-refractivity contribution in [3.63, 3.8) is 0 Å². The molecular formula is C15H16O4. The van der Waals surface area contributed by atoms with E-state index in [2.05, 4.69) is 13.8 Å². The van der Waals surface area contributed by atoms with Gasteiger partial charge in [-0.2, -0.15) is 0 Å². The van der Waals surface area contributed by atoms with Crippen LogP contribution in [0.5, 0.6) is 5.75 Å². The van der Waals surface area contributed by atoms with Crippen molar-refractivity contribution in [2.75, 3.05) is 0 Å². The van der Waals surface area contributed by atoms with Gasteiger partial charge in [0.25, 0.3) is 0 Å². The molecule has 0 amide bonds. The number of ether oxygens (including phenoxy) is 1. The minimum atomic E-state index is -1.00. The highest BCUT2D eigenvalue weighted by molar-refractivity contribution is 5.87. The first kappa shape index (κ1) is 13.2. The van der Waals surface area contributed by atoms with Crippen LogP contribution in [0.25, 0.3) is 0 Å². The maximum absolute atomic E-state index is 10.7. The third-order valence-electron chi connectivity index (χ3n) is 2.81. The number of carboxylic acid groups (broad SMARTS) is 1. The van der Waals surface area contributed by atoms with Crippen LogP contribution < -0.4 is 4.74 Å². The van der Waals surface area contributed by atoms with E-state index in [9.17, 15) is 4.79 Å². The van der Waals surface area contributed by atoms with E-state index in [-0.39, 0.29) is 12.2 Å². The topological polar surface area (TPSA) is 59.7 Å². The van der Waals surface area contributed by atoms with Crippen LogP contribution in [0.3, 0.4) is 0 Å². The van der Waals surface area contributed by atoms with Gasteiger partial charge in [0.2, 0.25) is 0 Å². The summed E-state index contributed by atoms with van der Waals surface area (Å²) in [4.78, 5) is 10.7. The second kappa shape index (κ2) is 5.61. The van der Waals surface area contributed by atoms with Crippen molar-refractivity contribution >= 4 is 5.97 Å². The van der Waals surface area contributed by atoms with E-state index in [1.165, 1.54) is 17.9 Å². The molecule has 100 valence electrons. The SMILES string of the molecule is CC(C)c1cccc(OCc2cc(C(=O)O)co2)c1. The minimum absolute atomic E-state index is 0.134. The number of carboxylic acids is 1. The molecule has 0 saturated carbocycles. The van der Waals surface area contributed by atoms with Gasteiger partial charge in [0, 0.05) is 0 Å². The Labute approximate surface area is 111 Å². The van der Waals surface area contributed by atoms with Crippen LogP contribution >= 0.6 is 0 Å². The van der Waals surface area contributed by atoms with Crippen molar-refractivity contribution in [2.24, 2.45) is 0 Å². The van der Waals surface area contributed by atoms with Crippen LogP contribution in [0.1, 0.15) is 41.4 Å². The van der Waals surface area contributed by atoms with Gasteiger partial charge in [-0.25, -0.2) is 4.79 Å². The van der Waals surface area contributed by atoms with E-state index in [4.69, 9.17) is 14.3 Å². The molecule has 1 aromatic carbocycles. The monoisotopic (exact) mass is 260 g/mol. The summed E-state index contributed by atoms with van der Waals surface area (Å²) in [5.41, 5.74) is 1.33. The Bertz CT molecular complexity index is 569. The standard InChI is InChI=1S/C15H16O4/c1-10(2)11-4-3-5-13(6-11)19-9-14-7-12(8-18-14)15(16)17/h3-8,10H,9H2,1-2H3,(H,16,17). The molecule has 0 radical (unpaired) electrons. The van der Waals surface area contributed by atoms with E-state index < -0.39 is 5.97 Å². The van der Waals surface area contributed by atoms with Crippen molar-refractivity contribution < 1.29 is 19.1 Å². The Morgan fingerprint density at radius 2 is 2.16 bits per heavy atom. The maximum atomic E-state index is 10.7. The molecule has 0 aliphatic carbocycles. The largest absolute Gasteiger partial charge is 0.486 e. The molecule has 0 atom stereocenters. The van der Waals surface area contributed by atoms with E-state index in [0.717, 1.165) is 5.75 Å². The van der Waals surface area contributed by atoms with Gasteiger partial charge in [-0.1, -0.05) is 26.0 Å². The fourth-order valence-corrected chi connectivity index (χ4v) is 1.69. The third kappa shape index (κ3) is 3.37. The summed E-state index contributed by atoms with van der Waals surface area (Å²) in [6, 6.07) is 9.30. The second-order valence-electron chi connectivity index (χ2n) is 4.62. The second-order valence-corrected chi connectivity index (χ2v) is 4.62. The van der Waals surface area contributed by atoms with Gasteiger partial charge in [-0.15, -0.1) is 0 Å². The maximum Gasteiger partial charge on any atom is 0.338 e. The summed E-state index contributed by atoms with van der Waals surface area (Å²) in [5, 5.41) is 8.78. The van der Waals surface area contributed by atoms with Crippen LogP contribution in [0.2, 0.25) is 0 Å². The lowest BCUT2D eigenvalue weighted by Gasteiger charge is -2.08. The number of furan rings is 1. The Morgan fingerprint density at radius 3 is 2.79 bits per heavy atom. The lowest BCUT2D eigenvalue weighted by molar-refractivity contribution is 0.0696. The highest BCUT2D eigenvalue weighted by Crippen LogP contribution is 2.21. The van der Waals surface area contributed by atoms with Gasteiger partial charge in [0.15, 0.2) is 0 Å². The molecule has 0 unspecified atom stereocenters. The zero-order valence-corrected chi connectivity index (χ0v) is 10.9. The quantitative estimate of drug-likeness (QED) is 0.890. The van der Waals surface area contributed by atoms with E-state index in [1.54, 1.807) is 0 Å². The number of carbonyl (C=O) groups is 1. The summed E-state index contributed by atoms with van der Waals surface area (Å²) >= 11 is 0. The Kier molecular flexibility index (Phi) is 3.90. The van der Waals surface area contributed by atoms with Crippen LogP contribution in [-0.4, -0.2) is 11.1 Å². The van der Waals surface area contributed by atoms with E-state index in [1.807, 2.05) is 24.3 Å². The molecule has 0 spiro atoms. The average molecular weight is 260 g/mol. The zero-order chi connectivity index (χ0) is 13.8. The van der Waals surface area contributed by atoms with Gasteiger partial charge in [0.1, 0.15) is 24.4 Å². The molecule has 4 heteroatoms. The summed E-state index contributed by atoms with van der Waals surface area (Å²) < 4.78 is 10.7. The summed E-state index contributed by atoms with van der Waals surface area (Å²) in [6.45, 7) is 4.45. The van der Waals surface area contributed by atoms with Crippen molar-refractivity contribution in [3.8, 4) is 5.75 Å². The molecule has 19 heavy (non-hydrogen) atoms. The van der Waals surface area contributed by atoms with Gasteiger partial charge >= 0.3 is 5.97 Å². The number of rotatable bonds is 5. The minimum Gasteiger partial charge on any atom is -0.486 e. The summed E-state index contributed by atoms with van der Waals surface area (Å²) in [5.74, 6) is 0.675. The Balaban J connectivity index is 2.01. The van der Waals surface area contributed by atoms with Gasteiger partial charge in [0.05, 0.1) is 5.56 Å². The number of benzene rings is 1. The highest BCUT2D eigenvalue weighted by atomic mass is 16.5. The molecule has 1 N–H and O–H groups in total. The fourth-order valence-electron chi connectivity index (χ4n) is 1.69. The highest BCUT2D eigenvalue weighted by Gasteiger charge is 2.09. The first-order valence-corrected chi connectivity index (χ1v) is 6.09. The van der Waals surface area contributed by atoms with Crippen LogP contribution in [-0.2, 0) is 6.61 Å². The molecule has 1 heterocycles. The lowest BCUT2D eigenvalue weighted by atomic mass is 10.0. The number of aromatic carboxylic acids is 1. The lowest BCUT2D eigenvalue weighted by Crippen LogP contribution is -1.96. The van der Waals surface area contributed by atoms with E-state index in [0.29, 0.717) is 11.7 Å². The average Bonchev–Trinajstić information content (AvgIpc) is 2.85. The van der Waals surface area contributed by atoms with Gasteiger partial charge < -0.3 is 14.3 Å². The molecule has 1 aromatic heterocycles. The molecule has 0 saturated heterocycles. The molecule has 2 rings (SSSR count). The van der Waals surface area contributed by atoms with Crippen molar-refractivity contribution in [2.45, 2.75) is 26.4 Å². The van der Waals surface area contributed by atoms with E-state index >= 15 is 0 Å². The smallest absolute Gasteiger partial charge is 0.338 e. The van der Waals surface area contributed by atoms with Crippen LogP contribution in [0, 0.1) is 0 Å². The fraction of sp³-hybridized carbons (Fsp3) is 0.267. The molecule has 0 aliphatic heterocycles. The molecule has 2 aromatic rings. The zero-order valence-electron chi connectivity index (χ0n) is 10.9. The third-order valence-corrected chi connectivity index (χ3v) is 2.81. The predicted molar refractivity (Wildman–Crippen MR) is 70.5 cm³/mol. The normalized spacial score (nSPS) is 10.7. The Morgan fingerprint density at radius 1 is 1.37 bits per heavy atom. The molecule has 0 bridgehead atoms.